The Kier molecular flexibility index (Phi) is 8.60. The van der Waals surface area contributed by atoms with Crippen LogP contribution in [0.2, 0.25) is 0 Å². The number of carbonyl (C=O) groups excluding carboxylic acids is 1. The summed E-state index contributed by atoms with van der Waals surface area (Å²) < 4.78 is 28.3. The molecule has 0 atom stereocenters. The van der Waals surface area contributed by atoms with E-state index in [0.29, 0.717) is 12.0 Å². The summed E-state index contributed by atoms with van der Waals surface area (Å²) in [5, 5.41) is 3.59. The standard InChI is InChI=1S/C25H33N5O3S/c1-25(2,28-16-7-10-23-26-18-19-27-23)22-13-11-20(12-14-22)15-17-29-34(32,33)30(3)24(31)21-8-5-4-6-9-21/h4-6,8-9,11-14,18-19,28-29H,7,10,15-17H2,1-3H3,(H,26,27). The lowest BCUT2D eigenvalue weighted by molar-refractivity contribution is 0.0882. The second-order valence-corrected chi connectivity index (χ2v) is 10.5. The van der Waals surface area contributed by atoms with E-state index in [1.165, 1.54) is 7.05 Å². The van der Waals surface area contributed by atoms with Crippen LogP contribution in [0.1, 0.15) is 47.6 Å². The molecule has 3 aromatic rings. The van der Waals surface area contributed by atoms with Crippen molar-refractivity contribution in [3.63, 3.8) is 0 Å². The highest BCUT2D eigenvalue weighted by molar-refractivity contribution is 7.87. The van der Waals surface area contributed by atoms with Crippen LogP contribution in [0.3, 0.4) is 0 Å². The molecule has 3 N–H and O–H groups in total. The Morgan fingerprint density at radius 1 is 1.03 bits per heavy atom. The highest BCUT2D eigenvalue weighted by atomic mass is 32.2. The van der Waals surface area contributed by atoms with Gasteiger partial charge in [-0.15, -0.1) is 0 Å². The predicted molar refractivity (Wildman–Crippen MR) is 134 cm³/mol. The summed E-state index contributed by atoms with van der Waals surface area (Å²) in [6.45, 7) is 5.35. The van der Waals surface area contributed by atoms with E-state index in [9.17, 15) is 13.2 Å². The number of benzene rings is 2. The SMILES string of the molecule is CN(C(=O)c1ccccc1)S(=O)(=O)NCCc1ccc(C(C)(C)NCCCc2ncc[nH]2)cc1. The fourth-order valence-electron chi connectivity index (χ4n) is 3.57. The quantitative estimate of drug-likeness (QED) is 0.343. The highest BCUT2D eigenvalue weighted by Gasteiger charge is 2.24. The minimum Gasteiger partial charge on any atom is -0.349 e. The molecule has 8 nitrogen and oxygen atoms in total. The molecule has 0 spiro atoms. The molecule has 0 bridgehead atoms. The summed E-state index contributed by atoms with van der Waals surface area (Å²) in [5.41, 5.74) is 2.30. The van der Waals surface area contributed by atoms with Gasteiger partial charge in [-0.2, -0.15) is 13.1 Å². The van der Waals surface area contributed by atoms with Gasteiger partial charge in [-0.1, -0.05) is 42.5 Å². The number of imidazole rings is 1. The first kappa shape index (κ1) is 25.6. The van der Waals surface area contributed by atoms with Crippen molar-refractivity contribution in [1.29, 1.82) is 0 Å². The van der Waals surface area contributed by atoms with E-state index in [0.717, 1.165) is 40.6 Å². The molecule has 1 amide bonds. The first-order chi connectivity index (χ1) is 16.2. The summed E-state index contributed by atoms with van der Waals surface area (Å²) in [7, 11) is -2.66. The van der Waals surface area contributed by atoms with E-state index >= 15 is 0 Å². The van der Waals surface area contributed by atoms with Gasteiger partial charge in [-0.25, -0.2) is 9.29 Å². The molecule has 0 aliphatic carbocycles. The van der Waals surface area contributed by atoms with Gasteiger partial charge in [0.15, 0.2) is 0 Å². The fraction of sp³-hybridized carbons (Fsp3) is 0.360. The predicted octanol–water partition coefficient (Wildman–Crippen LogP) is 3.02. The van der Waals surface area contributed by atoms with Crippen LogP contribution >= 0.6 is 0 Å². The molecule has 1 aromatic heterocycles. The Bertz CT molecular complexity index is 1150. The van der Waals surface area contributed by atoms with Crippen molar-refractivity contribution in [2.45, 2.75) is 38.6 Å². The topological polar surface area (TPSA) is 107 Å². The lowest BCUT2D eigenvalue weighted by Gasteiger charge is -2.27. The van der Waals surface area contributed by atoms with Gasteiger partial charge in [-0.3, -0.25) is 4.79 Å². The van der Waals surface area contributed by atoms with E-state index in [1.807, 2.05) is 18.3 Å². The van der Waals surface area contributed by atoms with Gasteiger partial charge < -0.3 is 10.3 Å². The number of aromatic amines is 1. The van der Waals surface area contributed by atoms with Crippen molar-refractivity contribution < 1.29 is 13.2 Å². The van der Waals surface area contributed by atoms with Gasteiger partial charge in [0.05, 0.1) is 0 Å². The van der Waals surface area contributed by atoms with E-state index in [2.05, 4.69) is 46.0 Å². The molecule has 0 radical (unpaired) electrons. The maximum absolute atomic E-state index is 12.5. The molecule has 1 heterocycles. The average Bonchev–Trinajstić information content (AvgIpc) is 3.35. The van der Waals surface area contributed by atoms with Gasteiger partial charge in [0.2, 0.25) is 0 Å². The maximum atomic E-state index is 12.5. The molecule has 34 heavy (non-hydrogen) atoms. The molecule has 0 saturated carbocycles. The van der Waals surface area contributed by atoms with E-state index in [-0.39, 0.29) is 12.1 Å². The molecule has 3 rings (SSSR count). The number of aryl methyl sites for hydroxylation is 1. The number of H-pyrrole nitrogens is 1. The Morgan fingerprint density at radius 2 is 1.74 bits per heavy atom. The largest absolute Gasteiger partial charge is 0.349 e. The molecule has 0 aliphatic heterocycles. The van der Waals surface area contributed by atoms with E-state index < -0.39 is 16.1 Å². The van der Waals surface area contributed by atoms with Gasteiger partial charge in [0, 0.05) is 43.5 Å². The molecule has 182 valence electrons. The zero-order valence-electron chi connectivity index (χ0n) is 19.9. The van der Waals surface area contributed by atoms with Crippen LogP contribution in [-0.2, 0) is 28.6 Å². The molecule has 0 saturated heterocycles. The van der Waals surface area contributed by atoms with Crippen LogP contribution in [0.4, 0.5) is 0 Å². The molecule has 2 aromatic carbocycles. The highest BCUT2D eigenvalue weighted by Crippen LogP contribution is 2.20. The number of aromatic nitrogens is 2. The second kappa shape index (κ2) is 11.4. The number of rotatable bonds is 12. The normalized spacial score (nSPS) is 12.0. The first-order valence-electron chi connectivity index (χ1n) is 11.3. The van der Waals surface area contributed by atoms with Gasteiger partial charge in [0.1, 0.15) is 5.82 Å². The maximum Gasteiger partial charge on any atom is 0.303 e. The molecular formula is C25H33N5O3S. The van der Waals surface area contributed by atoms with Gasteiger partial charge >= 0.3 is 10.2 Å². The van der Waals surface area contributed by atoms with Crippen molar-refractivity contribution in [3.8, 4) is 0 Å². The van der Waals surface area contributed by atoms with Crippen molar-refractivity contribution >= 4 is 16.1 Å². The number of amides is 1. The first-order valence-corrected chi connectivity index (χ1v) is 12.8. The average molecular weight is 484 g/mol. The van der Waals surface area contributed by atoms with Crippen LogP contribution in [0.15, 0.2) is 67.0 Å². The van der Waals surface area contributed by atoms with Crippen LogP contribution < -0.4 is 10.0 Å². The molecule has 0 fully saturated rings. The fourth-order valence-corrected chi connectivity index (χ4v) is 4.45. The number of carbonyl (C=O) groups is 1. The smallest absolute Gasteiger partial charge is 0.303 e. The number of nitrogens with zero attached hydrogens (tertiary/aromatic N) is 2. The number of hydrogen-bond donors (Lipinski definition) is 3. The van der Waals surface area contributed by atoms with Crippen LogP contribution in [0.5, 0.6) is 0 Å². The van der Waals surface area contributed by atoms with Crippen LogP contribution in [-0.4, -0.2) is 48.7 Å². The summed E-state index contributed by atoms with van der Waals surface area (Å²) in [6, 6.07) is 16.5. The van der Waals surface area contributed by atoms with Crippen LogP contribution in [0, 0.1) is 0 Å². The summed E-state index contributed by atoms with van der Waals surface area (Å²) >= 11 is 0. The van der Waals surface area contributed by atoms with E-state index in [1.54, 1.807) is 36.5 Å². The zero-order valence-corrected chi connectivity index (χ0v) is 20.7. The molecular weight excluding hydrogens is 450 g/mol. The third-order valence-corrected chi connectivity index (χ3v) is 7.21. The minimum atomic E-state index is -3.92. The molecule has 0 unspecified atom stereocenters. The summed E-state index contributed by atoms with van der Waals surface area (Å²) in [4.78, 5) is 19.8. The third kappa shape index (κ3) is 6.99. The number of nitrogens with one attached hydrogen (secondary N) is 3. The summed E-state index contributed by atoms with van der Waals surface area (Å²) in [6.07, 6.45) is 6.00. The Morgan fingerprint density at radius 3 is 2.38 bits per heavy atom. The molecule has 9 heteroatoms. The zero-order chi connectivity index (χ0) is 24.6. The lowest BCUT2D eigenvalue weighted by Crippen LogP contribution is -2.42. The second-order valence-electron chi connectivity index (χ2n) is 8.68. The Balaban J connectivity index is 1.46. The molecule has 0 aliphatic rings. The third-order valence-electron chi connectivity index (χ3n) is 5.75. The van der Waals surface area contributed by atoms with Crippen molar-refractivity contribution in [2.24, 2.45) is 0 Å². The van der Waals surface area contributed by atoms with Crippen molar-refractivity contribution in [2.75, 3.05) is 20.1 Å². The lowest BCUT2D eigenvalue weighted by atomic mass is 9.93. The van der Waals surface area contributed by atoms with Crippen molar-refractivity contribution in [1.82, 2.24) is 24.3 Å². The Labute approximate surface area is 202 Å². The van der Waals surface area contributed by atoms with Gasteiger partial charge in [0.25, 0.3) is 5.91 Å². The minimum absolute atomic E-state index is 0.191. The monoisotopic (exact) mass is 483 g/mol. The Hall–Kier alpha value is -3.01. The van der Waals surface area contributed by atoms with Crippen molar-refractivity contribution in [3.05, 3.63) is 89.5 Å². The van der Waals surface area contributed by atoms with Crippen LogP contribution in [0.25, 0.3) is 0 Å². The van der Waals surface area contributed by atoms with E-state index in [4.69, 9.17) is 0 Å². The summed E-state index contributed by atoms with van der Waals surface area (Å²) in [5.74, 6) is 0.423. The number of hydrogen-bond acceptors (Lipinski definition) is 5. The van der Waals surface area contributed by atoms with Gasteiger partial charge in [-0.05, 0) is 56.5 Å².